The maximum Gasteiger partial charge on any atom is 0.341 e. The number of anilines is 1. The van der Waals surface area contributed by atoms with E-state index in [0.29, 0.717) is 30.8 Å². The van der Waals surface area contributed by atoms with Crippen molar-refractivity contribution in [3.8, 4) is 22.3 Å². The van der Waals surface area contributed by atoms with Crippen LogP contribution in [0.3, 0.4) is 0 Å². The Morgan fingerprint density at radius 3 is 2.31 bits per heavy atom. The second-order valence-corrected chi connectivity index (χ2v) is 11.5. The number of nitrogens with zero attached hydrogens (tertiary/aromatic N) is 2. The molecule has 1 amide bonds. The fourth-order valence-electron chi connectivity index (χ4n) is 4.23. The van der Waals surface area contributed by atoms with E-state index in [4.69, 9.17) is 27.9 Å². The molecule has 11 heteroatoms. The highest BCUT2D eigenvalue weighted by atomic mass is 35.5. The Labute approximate surface area is 241 Å². The smallest absolute Gasteiger partial charge is 0.341 e. The largest absolute Gasteiger partial charge is 0.462 e. The zero-order valence-corrected chi connectivity index (χ0v) is 23.9. The van der Waals surface area contributed by atoms with E-state index in [0.717, 1.165) is 21.6 Å². The molecule has 0 radical (unpaired) electrons. The van der Waals surface area contributed by atoms with Gasteiger partial charge in [0.15, 0.2) is 0 Å². The summed E-state index contributed by atoms with van der Waals surface area (Å²) in [5, 5.41) is 6.50. The number of benzene rings is 2. The molecule has 0 bridgehead atoms. The van der Waals surface area contributed by atoms with Crippen molar-refractivity contribution in [3.63, 3.8) is 0 Å². The highest BCUT2D eigenvalue weighted by Gasteiger charge is 2.24. The Kier molecular flexibility index (Phi) is 7.86. The van der Waals surface area contributed by atoms with Crippen LogP contribution >= 0.6 is 45.9 Å². The fraction of sp³-hybridized carbons (Fsp3) is 0.143. The minimum Gasteiger partial charge on any atom is -0.462 e. The van der Waals surface area contributed by atoms with Crippen molar-refractivity contribution in [3.05, 3.63) is 91.1 Å². The topological polar surface area (TPSA) is 90.3 Å². The standard InChI is InChI=1S/C28H21Cl2N3O4S2/c1-3-37-28(36)23-20(16-4-8-18(29)9-5-16)13-38-26(23)32-21(34)12-33-14-31-25-24(27(33)35)22(15(2)39-25)17-6-10-19(30)11-7-17/h4-11,13-14H,3,12H2,1-2H3,(H,32,34). The van der Waals surface area contributed by atoms with Crippen molar-refractivity contribution < 1.29 is 14.3 Å². The number of ether oxygens (including phenoxy) is 1. The average Bonchev–Trinajstić information content (AvgIpc) is 3.48. The lowest BCUT2D eigenvalue weighted by Crippen LogP contribution is -2.28. The summed E-state index contributed by atoms with van der Waals surface area (Å²) >= 11 is 14.7. The van der Waals surface area contributed by atoms with E-state index >= 15 is 0 Å². The molecular weight excluding hydrogens is 577 g/mol. The molecule has 0 fully saturated rings. The molecular formula is C28H21Cl2N3O4S2. The summed E-state index contributed by atoms with van der Waals surface area (Å²) in [5.41, 5.74) is 2.91. The lowest BCUT2D eigenvalue weighted by atomic mass is 10.0. The van der Waals surface area contributed by atoms with Gasteiger partial charge >= 0.3 is 5.97 Å². The quantitative estimate of drug-likeness (QED) is 0.199. The molecule has 198 valence electrons. The lowest BCUT2D eigenvalue weighted by Gasteiger charge is -2.10. The molecule has 2 aromatic carbocycles. The van der Waals surface area contributed by atoms with Crippen LogP contribution in [0.2, 0.25) is 10.0 Å². The minimum absolute atomic E-state index is 0.180. The van der Waals surface area contributed by atoms with Crippen molar-refractivity contribution in [2.45, 2.75) is 20.4 Å². The first-order valence-corrected chi connectivity index (χ1v) is 14.3. The average molecular weight is 599 g/mol. The number of nitrogens with one attached hydrogen (secondary N) is 1. The third kappa shape index (κ3) is 5.49. The zero-order chi connectivity index (χ0) is 27.7. The molecule has 0 aliphatic rings. The Morgan fingerprint density at radius 1 is 1.03 bits per heavy atom. The lowest BCUT2D eigenvalue weighted by molar-refractivity contribution is -0.116. The Morgan fingerprint density at radius 2 is 1.67 bits per heavy atom. The highest BCUT2D eigenvalue weighted by molar-refractivity contribution is 7.19. The van der Waals surface area contributed by atoms with Gasteiger partial charge in [0.2, 0.25) is 5.91 Å². The molecule has 1 N–H and O–H groups in total. The van der Waals surface area contributed by atoms with E-state index in [9.17, 15) is 14.4 Å². The van der Waals surface area contributed by atoms with Gasteiger partial charge < -0.3 is 10.1 Å². The van der Waals surface area contributed by atoms with Gasteiger partial charge in [-0.1, -0.05) is 47.5 Å². The van der Waals surface area contributed by atoms with E-state index in [1.54, 1.807) is 48.7 Å². The van der Waals surface area contributed by atoms with Gasteiger partial charge in [0.25, 0.3) is 5.56 Å². The summed E-state index contributed by atoms with van der Waals surface area (Å²) in [6, 6.07) is 14.3. The van der Waals surface area contributed by atoms with Gasteiger partial charge in [-0.15, -0.1) is 22.7 Å². The highest BCUT2D eigenvalue weighted by Crippen LogP contribution is 2.37. The van der Waals surface area contributed by atoms with Gasteiger partial charge in [0, 0.05) is 31.4 Å². The van der Waals surface area contributed by atoms with Crippen LogP contribution < -0.4 is 10.9 Å². The minimum atomic E-state index is -0.555. The SMILES string of the molecule is CCOC(=O)c1c(-c2ccc(Cl)cc2)csc1NC(=O)Cn1cnc2sc(C)c(-c3ccc(Cl)cc3)c2c1=O. The van der Waals surface area contributed by atoms with Crippen molar-refractivity contribution >= 4 is 73.0 Å². The van der Waals surface area contributed by atoms with Crippen molar-refractivity contribution in [1.82, 2.24) is 9.55 Å². The maximum atomic E-state index is 13.5. The summed E-state index contributed by atoms with van der Waals surface area (Å²) in [6.07, 6.45) is 1.37. The molecule has 0 spiro atoms. The fourth-order valence-corrected chi connectivity index (χ4v) is 6.46. The third-order valence-electron chi connectivity index (χ3n) is 5.98. The Hall–Kier alpha value is -3.50. The van der Waals surface area contributed by atoms with Crippen LogP contribution in [0.25, 0.3) is 32.5 Å². The number of carbonyl (C=O) groups excluding carboxylic acids is 2. The Bertz CT molecular complexity index is 1760. The molecule has 5 rings (SSSR count). The number of amides is 1. The number of fused-ring (bicyclic) bond motifs is 1. The zero-order valence-electron chi connectivity index (χ0n) is 20.8. The summed E-state index contributed by atoms with van der Waals surface area (Å²) in [4.78, 5) is 45.5. The van der Waals surface area contributed by atoms with Crippen LogP contribution in [0.15, 0.2) is 65.0 Å². The third-order valence-corrected chi connectivity index (χ3v) is 8.39. The molecule has 0 saturated heterocycles. The molecule has 0 aliphatic carbocycles. The van der Waals surface area contributed by atoms with Gasteiger partial charge in [-0.05, 0) is 49.2 Å². The molecule has 3 heterocycles. The number of halogens is 2. The van der Waals surface area contributed by atoms with Crippen molar-refractivity contribution in [1.29, 1.82) is 0 Å². The number of hydrogen-bond donors (Lipinski definition) is 1. The van der Waals surface area contributed by atoms with E-state index in [-0.39, 0.29) is 24.3 Å². The first-order chi connectivity index (χ1) is 18.8. The van der Waals surface area contributed by atoms with Crippen molar-refractivity contribution in [2.75, 3.05) is 11.9 Å². The summed E-state index contributed by atoms with van der Waals surface area (Å²) < 4.78 is 6.53. The second kappa shape index (κ2) is 11.3. The number of carbonyl (C=O) groups is 2. The first kappa shape index (κ1) is 27.1. The number of hydrogen-bond acceptors (Lipinski definition) is 7. The molecule has 0 saturated carbocycles. The van der Waals surface area contributed by atoms with E-state index in [1.165, 1.54) is 33.6 Å². The number of esters is 1. The number of rotatable bonds is 7. The maximum absolute atomic E-state index is 13.5. The number of aryl methyl sites for hydroxylation is 1. The van der Waals surface area contributed by atoms with Crippen LogP contribution in [0.4, 0.5) is 5.00 Å². The summed E-state index contributed by atoms with van der Waals surface area (Å²) in [5.74, 6) is -1.03. The van der Waals surface area contributed by atoms with E-state index in [1.807, 2.05) is 19.1 Å². The first-order valence-electron chi connectivity index (χ1n) is 11.9. The molecule has 7 nitrogen and oxygen atoms in total. The molecule has 0 aliphatic heterocycles. The van der Waals surface area contributed by atoms with Crippen molar-refractivity contribution in [2.24, 2.45) is 0 Å². The predicted molar refractivity (Wildman–Crippen MR) is 158 cm³/mol. The molecule has 39 heavy (non-hydrogen) atoms. The van der Waals surface area contributed by atoms with Gasteiger partial charge in [-0.25, -0.2) is 9.78 Å². The molecule has 5 aromatic rings. The monoisotopic (exact) mass is 597 g/mol. The van der Waals surface area contributed by atoms with Crippen LogP contribution in [-0.4, -0.2) is 28.0 Å². The Balaban J connectivity index is 1.47. The van der Waals surface area contributed by atoms with Gasteiger partial charge in [0.05, 0.1) is 18.3 Å². The van der Waals surface area contributed by atoms with Crippen LogP contribution in [0.5, 0.6) is 0 Å². The number of thiophene rings is 2. The second-order valence-electron chi connectivity index (χ2n) is 8.53. The van der Waals surface area contributed by atoms with Gasteiger partial charge in [-0.2, -0.15) is 0 Å². The number of aromatic nitrogens is 2. The van der Waals surface area contributed by atoms with Crippen LogP contribution in [-0.2, 0) is 16.1 Å². The van der Waals surface area contributed by atoms with E-state index in [2.05, 4.69) is 10.3 Å². The van der Waals surface area contributed by atoms with Gasteiger partial charge in [0.1, 0.15) is 21.9 Å². The van der Waals surface area contributed by atoms with E-state index < -0.39 is 11.9 Å². The molecule has 0 atom stereocenters. The van der Waals surface area contributed by atoms with Gasteiger partial charge in [-0.3, -0.25) is 14.2 Å². The molecule has 3 aromatic heterocycles. The predicted octanol–water partition coefficient (Wildman–Crippen LogP) is 7.28. The normalized spacial score (nSPS) is 11.1. The van der Waals surface area contributed by atoms with Crippen LogP contribution in [0.1, 0.15) is 22.2 Å². The molecule has 0 unspecified atom stereocenters. The summed E-state index contributed by atoms with van der Waals surface area (Å²) in [7, 11) is 0. The van der Waals surface area contributed by atoms with Crippen LogP contribution in [0, 0.1) is 6.92 Å². The summed E-state index contributed by atoms with van der Waals surface area (Å²) in [6.45, 7) is 3.54.